The van der Waals surface area contributed by atoms with Gasteiger partial charge in [-0.05, 0) is 30.5 Å². The summed E-state index contributed by atoms with van der Waals surface area (Å²) in [6.07, 6.45) is -1.14. The summed E-state index contributed by atoms with van der Waals surface area (Å²) in [5.41, 5.74) is 0.867. The third-order valence-corrected chi connectivity index (χ3v) is 4.70. The molecule has 1 aliphatic heterocycles. The van der Waals surface area contributed by atoms with Gasteiger partial charge < -0.3 is 10.1 Å². The SMILES string of the molecule is C[C@H](OC(=O)CN1C(=O)C(=O)c2ccccc21)C(=O)Nc1sccc1C#N. The fourth-order valence-corrected chi connectivity index (χ4v) is 3.27. The molecule has 0 aliphatic carbocycles. The summed E-state index contributed by atoms with van der Waals surface area (Å²) in [7, 11) is 0. The Morgan fingerprint density at radius 2 is 2.04 bits per heavy atom. The van der Waals surface area contributed by atoms with E-state index in [-0.39, 0.29) is 5.56 Å². The number of hydrogen-bond acceptors (Lipinski definition) is 7. The van der Waals surface area contributed by atoms with Crippen molar-refractivity contribution in [3.63, 3.8) is 0 Å². The number of amides is 2. The number of carbonyl (C=O) groups is 4. The van der Waals surface area contributed by atoms with Crippen LogP contribution in [-0.2, 0) is 19.1 Å². The number of ketones is 1. The van der Waals surface area contributed by atoms with Crippen LogP contribution >= 0.6 is 11.3 Å². The van der Waals surface area contributed by atoms with Gasteiger partial charge in [0.2, 0.25) is 0 Å². The number of anilines is 2. The molecule has 9 heteroatoms. The molecule has 3 rings (SSSR count). The van der Waals surface area contributed by atoms with Gasteiger partial charge in [-0.15, -0.1) is 11.3 Å². The van der Waals surface area contributed by atoms with Crippen molar-refractivity contribution >= 4 is 45.6 Å². The van der Waals surface area contributed by atoms with Gasteiger partial charge in [-0.1, -0.05) is 12.1 Å². The summed E-state index contributed by atoms with van der Waals surface area (Å²) in [5.74, 6) is -2.94. The highest BCUT2D eigenvalue weighted by atomic mass is 32.1. The summed E-state index contributed by atoms with van der Waals surface area (Å²) < 4.78 is 5.06. The third-order valence-electron chi connectivity index (χ3n) is 3.87. The van der Waals surface area contributed by atoms with Crippen molar-refractivity contribution in [2.45, 2.75) is 13.0 Å². The van der Waals surface area contributed by atoms with Crippen LogP contribution in [0.4, 0.5) is 10.7 Å². The van der Waals surface area contributed by atoms with Crippen molar-refractivity contribution in [1.29, 1.82) is 5.26 Å². The van der Waals surface area contributed by atoms with Crippen LogP contribution in [0.3, 0.4) is 0 Å². The predicted octanol–water partition coefficient (Wildman–Crippen LogP) is 1.72. The number of Topliss-reactive ketones (excluding diaryl/α,β-unsaturated/α-hetero) is 1. The van der Waals surface area contributed by atoms with E-state index in [1.165, 1.54) is 24.3 Å². The molecule has 0 fully saturated rings. The molecule has 2 aromatic rings. The lowest BCUT2D eigenvalue weighted by Gasteiger charge is -2.18. The number of para-hydroxylation sites is 1. The topological polar surface area (TPSA) is 117 Å². The smallest absolute Gasteiger partial charge is 0.326 e. The average Bonchev–Trinajstić information content (AvgIpc) is 3.20. The van der Waals surface area contributed by atoms with Crippen molar-refractivity contribution in [3.8, 4) is 6.07 Å². The maximum Gasteiger partial charge on any atom is 0.326 e. The molecule has 0 bridgehead atoms. The van der Waals surface area contributed by atoms with E-state index in [4.69, 9.17) is 10.00 Å². The van der Waals surface area contributed by atoms with Crippen LogP contribution in [0.1, 0.15) is 22.8 Å². The number of nitrogens with one attached hydrogen (secondary N) is 1. The molecular formula is C18H13N3O5S. The quantitative estimate of drug-likeness (QED) is 0.621. The molecule has 0 unspecified atom stereocenters. The van der Waals surface area contributed by atoms with Gasteiger partial charge in [0.25, 0.3) is 17.6 Å². The first-order valence-corrected chi connectivity index (χ1v) is 8.73. The highest BCUT2D eigenvalue weighted by molar-refractivity contribution is 7.14. The number of hydrogen-bond donors (Lipinski definition) is 1. The zero-order chi connectivity index (χ0) is 19.6. The number of nitrogens with zero attached hydrogens (tertiary/aromatic N) is 2. The van der Waals surface area contributed by atoms with Crippen molar-refractivity contribution in [2.24, 2.45) is 0 Å². The Bertz CT molecular complexity index is 991. The molecule has 0 saturated carbocycles. The van der Waals surface area contributed by atoms with Crippen LogP contribution in [0.2, 0.25) is 0 Å². The maximum atomic E-state index is 12.1. The van der Waals surface area contributed by atoms with E-state index in [2.05, 4.69) is 5.32 Å². The minimum Gasteiger partial charge on any atom is -0.451 e. The molecule has 1 aromatic heterocycles. The van der Waals surface area contributed by atoms with Crippen LogP contribution in [0.25, 0.3) is 0 Å². The van der Waals surface area contributed by atoms with E-state index in [9.17, 15) is 19.2 Å². The number of rotatable bonds is 5. The number of fused-ring (bicyclic) bond motifs is 1. The van der Waals surface area contributed by atoms with E-state index in [0.717, 1.165) is 4.90 Å². The van der Waals surface area contributed by atoms with Gasteiger partial charge in [0.1, 0.15) is 17.6 Å². The zero-order valence-electron chi connectivity index (χ0n) is 14.1. The Hall–Kier alpha value is -3.51. The first-order valence-electron chi connectivity index (χ1n) is 7.85. The largest absolute Gasteiger partial charge is 0.451 e. The van der Waals surface area contributed by atoms with E-state index in [1.807, 2.05) is 6.07 Å². The van der Waals surface area contributed by atoms with E-state index in [1.54, 1.807) is 29.6 Å². The van der Waals surface area contributed by atoms with Gasteiger partial charge in [-0.3, -0.25) is 24.1 Å². The average molecular weight is 383 g/mol. The molecule has 1 aromatic carbocycles. The Labute approximate surface area is 158 Å². The standard InChI is InChI=1S/C18H13N3O5S/c1-10(16(24)20-17-11(8-19)6-7-27-17)26-14(22)9-21-13-5-3-2-4-12(13)15(23)18(21)25/h2-7,10H,9H2,1H3,(H,20,24)/t10-/m0/s1. The molecule has 2 amide bonds. The highest BCUT2D eigenvalue weighted by Gasteiger charge is 2.37. The summed E-state index contributed by atoms with van der Waals surface area (Å²) in [6, 6.07) is 9.83. The summed E-state index contributed by atoms with van der Waals surface area (Å²) in [5, 5.41) is 13.5. The Morgan fingerprint density at radius 1 is 1.30 bits per heavy atom. The van der Waals surface area contributed by atoms with Crippen LogP contribution in [0.15, 0.2) is 35.7 Å². The summed E-state index contributed by atoms with van der Waals surface area (Å²) in [6.45, 7) is 0.888. The molecular weight excluding hydrogens is 370 g/mol. The monoisotopic (exact) mass is 383 g/mol. The molecule has 27 heavy (non-hydrogen) atoms. The van der Waals surface area contributed by atoms with E-state index < -0.39 is 36.2 Å². The third kappa shape index (κ3) is 3.56. The predicted molar refractivity (Wildman–Crippen MR) is 96.3 cm³/mol. The van der Waals surface area contributed by atoms with Crippen LogP contribution in [0, 0.1) is 11.3 Å². The molecule has 1 N–H and O–H groups in total. The number of carbonyl (C=O) groups excluding carboxylic acids is 4. The second-order valence-electron chi connectivity index (χ2n) is 5.63. The molecule has 0 saturated heterocycles. The Balaban J connectivity index is 1.62. The molecule has 1 atom stereocenters. The lowest BCUT2D eigenvalue weighted by atomic mass is 10.1. The van der Waals surface area contributed by atoms with E-state index >= 15 is 0 Å². The van der Waals surface area contributed by atoms with Crippen molar-refractivity contribution < 1.29 is 23.9 Å². The van der Waals surface area contributed by atoms with Gasteiger partial charge in [-0.2, -0.15) is 5.26 Å². The van der Waals surface area contributed by atoms with Gasteiger partial charge in [-0.25, -0.2) is 0 Å². The molecule has 136 valence electrons. The summed E-state index contributed by atoms with van der Waals surface area (Å²) in [4.78, 5) is 49.3. The maximum absolute atomic E-state index is 12.1. The highest BCUT2D eigenvalue weighted by Crippen LogP contribution is 2.28. The van der Waals surface area contributed by atoms with Crippen molar-refractivity contribution in [3.05, 3.63) is 46.8 Å². The van der Waals surface area contributed by atoms with Crippen molar-refractivity contribution in [1.82, 2.24) is 0 Å². The zero-order valence-corrected chi connectivity index (χ0v) is 14.9. The lowest BCUT2D eigenvalue weighted by molar-refractivity contribution is -0.152. The molecule has 0 spiro atoms. The van der Waals surface area contributed by atoms with Crippen LogP contribution in [-0.4, -0.2) is 36.2 Å². The first-order chi connectivity index (χ1) is 12.9. The number of esters is 1. The second-order valence-corrected chi connectivity index (χ2v) is 6.55. The minimum atomic E-state index is -1.14. The van der Waals surface area contributed by atoms with Gasteiger partial charge in [0, 0.05) is 0 Å². The molecule has 8 nitrogen and oxygen atoms in total. The van der Waals surface area contributed by atoms with Gasteiger partial charge >= 0.3 is 5.97 Å². The number of nitriles is 1. The van der Waals surface area contributed by atoms with Crippen LogP contribution in [0.5, 0.6) is 0 Å². The second kappa shape index (κ2) is 7.39. The van der Waals surface area contributed by atoms with Gasteiger partial charge in [0.05, 0.1) is 16.8 Å². The minimum absolute atomic E-state index is 0.225. The number of benzene rings is 1. The number of ether oxygens (including phenoxy) is 1. The normalized spacial score (nSPS) is 13.7. The number of thiophene rings is 1. The molecule has 1 aliphatic rings. The first kappa shape index (κ1) is 18.3. The van der Waals surface area contributed by atoms with Gasteiger partial charge in [0.15, 0.2) is 6.10 Å². The van der Waals surface area contributed by atoms with Crippen molar-refractivity contribution in [2.75, 3.05) is 16.8 Å². The fourth-order valence-electron chi connectivity index (χ4n) is 2.53. The van der Waals surface area contributed by atoms with Crippen LogP contribution < -0.4 is 10.2 Å². The molecule has 2 heterocycles. The Kier molecular flexibility index (Phi) is 5.00. The fraction of sp³-hybridized carbons (Fsp3) is 0.167. The Morgan fingerprint density at radius 3 is 2.78 bits per heavy atom. The lowest BCUT2D eigenvalue weighted by Crippen LogP contribution is -2.38. The molecule has 0 radical (unpaired) electrons. The van der Waals surface area contributed by atoms with E-state index in [0.29, 0.717) is 16.3 Å². The summed E-state index contributed by atoms with van der Waals surface area (Å²) >= 11 is 1.17.